The predicted molar refractivity (Wildman–Crippen MR) is 80.7 cm³/mol. The van der Waals surface area contributed by atoms with Gasteiger partial charge < -0.3 is 10.2 Å². The topological polar surface area (TPSA) is 28.2 Å². The van der Waals surface area contributed by atoms with Gasteiger partial charge >= 0.3 is 0 Å². The molecule has 0 spiro atoms. The summed E-state index contributed by atoms with van der Waals surface area (Å²) in [5.74, 6) is -0.220. The van der Waals surface area contributed by atoms with Crippen LogP contribution in [0, 0.1) is 12.7 Å². The highest BCUT2D eigenvalue weighted by molar-refractivity contribution is 5.92. The van der Waals surface area contributed by atoms with E-state index in [-0.39, 0.29) is 11.4 Å². The first-order valence-corrected chi connectivity index (χ1v) is 7.01. The smallest absolute Gasteiger partial charge is 0.127 e. The SMILES string of the molecule is Cc1ccc2c(N3CCNC(C)(C)C3)cc(F)cc2n1. The van der Waals surface area contributed by atoms with Crippen LogP contribution < -0.4 is 10.2 Å². The molecule has 1 aliphatic rings. The number of nitrogens with zero attached hydrogens (tertiary/aromatic N) is 2. The van der Waals surface area contributed by atoms with Crippen LogP contribution in [0.4, 0.5) is 10.1 Å². The van der Waals surface area contributed by atoms with Crippen LogP contribution in [0.1, 0.15) is 19.5 Å². The Labute approximate surface area is 118 Å². The lowest BCUT2D eigenvalue weighted by Gasteiger charge is -2.40. The van der Waals surface area contributed by atoms with Crippen molar-refractivity contribution in [1.29, 1.82) is 0 Å². The maximum atomic E-state index is 13.9. The second kappa shape index (κ2) is 4.70. The van der Waals surface area contributed by atoms with Crippen molar-refractivity contribution in [2.45, 2.75) is 26.3 Å². The Bertz CT molecular complexity index is 646. The first kappa shape index (κ1) is 13.3. The molecule has 1 fully saturated rings. The molecule has 0 radical (unpaired) electrons. The Morgan fingerprint density at radius 2 is 2.10 bits per heavy atom. The van der Waals surface area contributed by atoms with Gasteiger partial charge in [0.05, 0.1) is 5.52 Å². The third kappa shape index (κ3) is 2.48. The number of halogens is 1. The Hall–Kier alpha value is -1.68. The summed E-state index contributed by atoms with van der Waals surface area (Å²) in [6.07, 6.45) is 0. The number of hydrogen-bond acceptors (Lipinski definition) is 3. The van der Waals surface area contributed by atoms with Crippen LogP contribution >= 0.6 is 0 Å². The minimum absolute atomic E-state index is 0.0367. The van der Waals surface area contributed by atoms with Crippen LogP contribution in [-0.2, 0) is 0 Å². The predicted octanol–water partition coefficient (Wildman–Crippen LogP) is 2.87. The zero-order chi connectivity index (χ0) is 14.3. The maximum absolute atomic E-state index is 13.9. The van der Waals surface area contributed by atoms with Crippen LogP contribution in [0.2, 0.25) is 0 Å². The largest absolute Gasteiger partial charge is 0.368 e. The van der Waals surface area contributed by atoms with Crippen molar-refractivity contribution < 1.29 is 4.39 Å². The van der Waals surface area contributed by atoms with Crippen molar-refractivity contribution in [2.24, 2.45) is 0 Å². The molecule has 3 rings (SSSR count). The van der Waals surface area contributed by atoms with Crippen molar-refractivity contribution in [1.82, 2.24) is 10.3 Å². The molecule has 1 aliphatic heterocycles. The fourth-order valence-electron chi connectivity index (χ4n) is 2.89. The Kier molecular flexibility index (Phi) is 3.13. The minimum atomic E-state index is -0.220. The lowest BCUT2D eigenvalue weighted by Crippen LogP contribution is -2.57. The Balaban J connectivity index is 2.10. The molecule has 4 heteroatoms. The number of aryl methyl sites for hydroxylation is 1. The minimum Gasteiger partial charge on any atom is -0.368 e. The zero-order valence-electron chi connectivity index (χ0n) is 12.2. The third-order valence-corrected chi connectivity index (χ3v) is 3.80. The standard InChI is InChI=1S/C16H20FN3/c1-11-4-5-13-14(19-11)8-12(17)9-15(13)20-7-6-18-16(2,3)10-20/h4-5,8-9,18H,6-7,10H2,1-3H3. The van der Waals surface area contributed by atoms with E-state index in [2.05, 4.69) is 29.0 Å². The average Bonchev–Trinajstić information content (AvgIpc) is 2.36. The van der Waals surface area contributed by atoms with Gasteiger partial charge in [-0.1, -0.05) is 0 Å². The highest BCUT2D eigenvalue weighted by Gasteiger charge is 2.27. The van der Waals surface area contributed by atoms with E-state index in [0.29, 0.717) is 0 Å². The lowest BCUT2D eigenvalue weighted by molar-refractivity contribution is 0.353. The molecule has 1 saturated heterocycles. The van der Waals surface area contributed by atoms with E-state index >= 15 is 0 Å². The summed E-state index contributed by atoms with van der Waals surface area (Å²) in [5, 5.41) is 4.50. The molecule has 20 heavy (non-hydrogen) atoms. The first-order chi connectivity index (χ1) is 9.44. The van der Waals surface area contributed by atoms with E-state index < -0.39 is 0 Å². The number of anilines is 1. The van der Waals surface area contributed by atoms with Gasteiger partial charge in [0.1, 0.15) is 5.82 Å². The number of piperazine rings is 1. The van der Waals surface area contributed by atoms with Gasteiger partial charge in [-0.15, -0.1) is 0 Å². The van der Waals surface area contributed by atoms with Gasteiger partial charge in [0, 0.05) is 48.0 Å². The van der Waals surface area contributed by atoms with E-state index in [1.165, 1.54) is 6.07 Å². The fraction of sp³-hybridized carbons (Fsp3) is 0.438. The molecule has 0 unspecified atom stereocenters. The number of hydrogen-bond donors (Lipinski definition) is 1. The summed E-state index contributed by atoms with van der Waals surface area (Å²) in [6.45, 7) is 8.92. The van der Waals surface area contributed by atoms with Crippen molar-refractivity contribution in [3.63, 3.8) is 0 Å². The molecular weight excluding hydrogens is 253 g/mol. The summed E-state index contributed by atoms with van der Waals surface area (Å²) in [6, 6.07) is 7.17. The number of rotatable bonds is 1. The average molecular weight is 273 g/mol. The van der Waals surface area contributed by atoms with Gasteiger partial charge in [0.15, 0.2) is 0 Å². The molecular formula is C16H20FN3. The number of nitrogens with one attached hydrogen (secondary N) is 1. The van der Waals surface area contributed by atoms with E-state index in [9.17, 15) is 4.39 Å². The summed E-state index contributed by atoms with van der Waals surface area (Å²) >= 11 is 0. The van der Waals surface area contributed by atoms with Crippen LogP contribution in [0.15, 0.2) is 24.3 Å². The number of fused-ring (bicyclic) bond motifs is 1. The Morgan fingerprint density at radius 3 is 2.85 bits per heavy atom. The van der Waals surface area contributed by atoms with Crippen LogP contribution in [0.25, 0.3) is 10.9 Å². The van der Waals surface area contributed by atoms with Crippen molar-refractivity contribution in [3.8, 4) is 0 Å². The second-order valence-corrected chi connectivity index (χ2v) is 6.18. The van der Waals surface area contributed by atoms with Crippen molar-refractivity contribution >= 4 is 16.6 Å². The van der Waals surface area contributed by atoms with E-state index in [1.54, 1.807) is 6.07 Å². The monoisotopic (exact) mass is 273 g/mol. The van der Waals surface area contributed by atoms with Gasteiger partial charge in [-0.3, -0.25) is 4.98 Å². The van der Waals surface area contributed by atoms with Crippen molar-refractivity contribution in [2.75, 3.05) is 24.5 Å². The molecule has 0 aliphatic carbocycles. The number of aromatic nitrogens is 1. The maximum Gasteiger partial charge on any atom is 0.127 e. The molecule has 1 N–H and O–H groups in total. The summed E-state index contributed by atoms with van der Waals surface area (Å²) in [5.41, 5.74) is 2.63. The molecule has 3 nitrogen and oxygen atoms in total. The van der Waals surface area contributed by atoms with E-state index in [1.807, 2.05) is 19.1 Å². The van der Waals surface area contributed by atoms with E-state index in [0.717, 1.165) is 41.9 Å². The second-order valence-electron chi connectivity index (χ2n) is 6.18. The normalized spacial score (nSPS) is 18.5. The molecule has 1 aromatic carbocycles. The lowest BCUT2D eigenvalue weighted by atomic mass is 10.0. The van der Waals surface area contributed by atoms with Gasteiger partial charge in [-0.05, 0) is 39.0 Å². The number of benzene rings is 1. The van der Waals surface area contributed by atoms with Gasteiger partial charge in [-0.2, -0.15) is 0 Å². The molecule has 0 amide bonds. The fourth-order valence-corrected chi connectivity index (χ4v) is 2.89. The molecule has 2 heterocycles. The first-order valence-electron chi connectivity index (χ1n) is 7.01. The number of pyridine rings is 1. The molecule has 0 atom stereocenters. The summed E-state index contributed by atoms with van der Waals surface area (Å²) in [7, 11) is 0. The molecule has 2 aromatic rings. The third-order valence-electron chi connectivity index (χ3n) is 3.80. The molecule has 106 valence electrons. The molecule has 1 aromatic heterocycles. The van der Waals surface area contributed by atoms with Crippen LogP contribution in [0.3, 0.4) is 0 Å². The highest BCUT2D eigenvalue weighted by Crippen LogP contribution is 2.29. The molecule has 0 saturated carbocycles. The van der Waals surface area contributed by atoms with Gasteiger partial charge in [-0.25, -0.2) is 4.39 Å². The quantitative estimate of drug-likeness (QED) is 0.866. The highest BCUT2D eigenvalue weighted by atomic mass is 19.1. The van der Waals surface area contributed by atoms with Crippen LogP contribution in [0.5, 0.6) is 0 Å². The van der Waals surface area contributed by atoms with Crippen molar-refractivity contribution in [3.05, 3.63) is 35.8 Å². The Morgan fingerprint density at radius 1 is 1.30 bits per heavy atom. The molecule has 0 bridgehead atoms. The zero-order valence-corrected chi connectivity index (χ0v) is 12.2. The van der Waals surface area contributed by atoms with Gasteiger partial charge in [0.25, 0.3) is 0 Å². The van der Waals surface area contributed by atoms with E-state index in [4.69, 9.17) is 0 Å². The van der Waals surface area contributed by atoms with Gasteiger partial charge in [0.2, 0.25) is 0 Å². The van der Waals surface area contributed by atoms with Crippen LogP contribution in [-0.4, -0.2) is 30.2 Å². The summed E-state index contributed by atoms with van der Waals surface area (Å²) < 4.78 is 13.9. The summed E-state index contributed by atoms with van der Waals surface area (Å²) in [4.78, 5) is 6.69.